The molecule has 0 radical (unpaired) electrons. The fraction of sp³-hybridized carbons (Fsp3) is 0.455. The highest BCUT2D eigenvalue weighted by Gasteiger charge is 2.65. The van der Waals surface area contributed by atoms with E-state index in [0.29, 0.717) is 11.8 Å². The molecular formula is C22H28N2O2S. The molecule has 0 bridgehead atoms. The van der Waals surface area contributed by atoms with Crippen LogP contribution >= 0.6 is 0 Å². The lowest BCUT2D eigenvalue weighted by Gasteiger charge is -2.25. The molecule has 5 heteroatoms. The maximum atomic E-state index is 11.4. The summed E-state index contributed by atoms with van der Waals surface area (Å²) in [6.07, 6.45) is 1.08. The first-order chi connectivity index (χ1) is 12.8. The van der Waals surface area contributed by atoms with Crippen LogP contribution in [0.2, 0.25) is 0 Å². The Labute approximate surface area is 162 Å². The number of piperidine rings is 1. The van der Waals surface area contributed by atoms with Gasteiger partial charge in [-0.05, 0) is 40.5 Å². The Morgan fingerprint density at radius 1 is 1.04 bits per heavy atom. The van der Waals surface area contributed by atoms with Crippen molar-refractivity contribution >= 4 is 10.0 Å². The molecule has 1 saturated heterocycles. The average Bonchev–Trinajstić information content (AvgIpc) is 2.98. The van der Waals surface area contributed by atoms with Gasteiger partial charge in [-0.2, -0.15) is 0 Å². The number of hydrogen-bond acceptors (Lipinski definition) is 3. The molecule has 4 nitrogen and oxygen atoms in total. The minimum absolute atomic E-state index is 0.0911. The predicted molar refractivity (Wildman–Crippen MR) is 109 cm³/mol. The number of aryl methyl sites for hydroxylation is 1. The zero-order chi connectivity index (χ0) is 19.2. The summed E-state index contributed by atoms with van der Waals surface area (Å²) in [5.41, 5.74) is 4.97. The second kappa shape index (κ2) is 6.73. The predicted octanol–water partition coefficient (Wildman–Crippen LogP) is 3.06. The molecule has 144 valence electrons. The largest absolute Gasteiger partial charge is 0.298 e. The standard InChI is InChI=1S/C22H28N2O2S/c1-3-16-7-9-17(10-8-16)12-24-13-20-21(14-24)22(20,2)19-6-4-5-18(11-19)15-27(23,25)26/h4-11,20-21H,3,12-15H2,1-2H3,(H2,23,25,26). The highest BCUT2D eigenvalue weighted by molar-refractivity contribution is 7.88. The van der Waals surface area contributed by atoms with E-state index >= 15 is 0 Å². The zero-order valence-corrected chi connectivity index (χ0v) is 16.9. The molecule has 0 amide bonds. The van der Waals surface area contributed by atoms with Crippen LogP contribution < -0.4 is 5.14 Å². The fourth-order valence-corrected chi connectivity index (χ4v) is 5.53. The zero-order valence-electron chi connectivity index (χ0n) is 16.1. The minimum Gasteiger partial charge on any atom is -0.298 e. The van der Waals surface area contributed by atoms with E-state index in [4.69, 9.17) is 5.14 Å². The summed E-state index contributed by atoms with van der Waals surface area (Å²) in [5, 5.41) is 5.21. The molecule has 2 aromatic carbocycles. The van der Waals surface area contributed by atoms with Gasteiger partial charge in [0.1, 0.15) is 0 Å². The second-order valence-electron chi connectivity index (χ2n) is 8.37. The number of likely N-dealkylation sites (tertiary alicyclic amines) is 1. The van der Waals surface area contributed by atoms with E-state index in [1.807, 2.05) is 18.2 Å². The monoisotopic (exact) mass is 384 g/mol. The van der Waals surface area contributed by atoms with Crippen molar-refractivity contribution in [1.82, 2.24) is 4.90 Å². The van der Waals surface area contributed by atoms with Gasteiger partial charge in [0.25, 0.3) is 0 Å². The van der Waals surface area contributed by atoms with Crippen LogP contribution in [-0.2, 0) is 34.2 Å². The molecule has 0 spiro atoms. The Hall–Kier alpha value is -1.69. The summed E-state index contributed by atoms with van der Waals surface area (Å²) in [7, 11) is -3.49. The van der Waals surface area contributed by atoms with E-state index in [1.165, 1.54) is 16.7 Å². The minimum atomic E-state index is -3.49. The Balaban J connectivity index is 1.42. The quantitative estimate of drug-likeness (QED) is 0.833. The number of primary sulfonamides is 1. The molecule has 1 heterocycles. The maximum absolute atomic E-state index is 11.4. The highest BCUT2D eigenvalue weighted by atomic mass is 32.2. The smallest absolute Gasteiger partial charge is 0.213 e. The van der Waals surface area contributed by atoms with Crippen molar-refractivity contribution in [2.45, 2.75) is 38.0 Å². The van der Waals surface area contributed by atoms with Crippen LogP contribution in [0.25, 0.3) is 0 Å². The van der Waals surface area contributed by atoms with Gasteiger partial charge in [-0.15, -0.1) is 0 Å². The molecule has 1 saturated carbocycles. The summed E-state index contributed by atoms with van der Waals surface area (Å²) in [5.74, 6) is 1.21. The summed E-state index contributed by atoms with van der Waals surface area (Å²) >= 11 is 0. The molecule has 4 rings (SSSR count). The van der Waals surface area contributed by atoms with Gasteiger partial charge in [0.15, 0.2) is 0 Å². The highest BCUT2D eigenvalue weighted by Crippen LogP contribution is 2.63. The van der Waals surface area contributed by atoms with Crippen LogP contribution in [0.4, 0.5) is 0 Å². The van der Waals surface area contributed by atoms with Crippen molar-refractivity contribution in [1.29, 1.82) is 0 Å². The van der Waals surface area contributed by atoms with Crippen molar-refractivity contribution < 1.29 is 8.42 Å². The number of benzene rings is 2. The Morgan fingerprint density at radius 2 is 1.67 bits per heavy atom. The molecule has 2 fully saturated rings. The number of hydrogen-bond donors (Lipinski definition) is 1. The van der Waals surface area contributed by atoms with Gasteiger partial charge >= 0.3 is 0 Å². The van der Waals surface area contributed by atoms with E-state index in [0.717, 1.165) is 31.6 Å². The van der Waals surface area contributed by atoms with Crippen LogP contribution in [0.3, 0.4) is 0 Å². The lowest BCUT2D eigenvalue weighted by atomic mass is 9.91. The first kappa shape index (κ1) is 18.7. The van der Waals surface area contributed by atoms with Crippen molar-refractivity contribution in [3.05, 3.63) is 70.8 Å². The van der Waals surface area contributed by atoms with Crippen molar-refractivity contribution in [2.75, 3.05) is 13.1 Å². The van der Waals surface area contributed by atoms with Crippen LogP contribution in [0.15, 0.2) is 48.5 Å². The van der Waals surface area contributed by atoms with E-state index in [-0.39, 0.29) is 11.2 Å². The van der Waals surface area contributed by atoms with E-state index in [9.17, 15) is 8.42 Å². The van der Waals surface area contributed by atoms with Gasteiger partial charge in [-0.3, -0.25) is 4.90 Å². The van der Waals surface area contributed by atoms with Gasteiger partial charge in [0.2, 0.25) is 10.0 Å². The van der Waals surface area contributed by atoms with E-state index in [1.54, 1.807) is 0 Å². The van der Waals surface area contributed by atoms with E-state index in [2.05, 4.69) is 49.1 Å². The molecule has 2 aliphatic rings. The third-order valence-electron chi connectivity index (χ3n) is 6.58. The molecule has 1 aliphatic carbocycles. The number of rotatable bonds is 6. The van der Waals surface area contributed by atoms with Crippen LogP contribution in [0, 0.1) is 11.8 Å². The first-order valence-corrected chi connectivity index (χ1v) is 11.4. The van der Waals surface area contributed by atoms with Crippen LogP contribution in [0.1, 0.15) is 36.1 Å². The fourth-order valence-electron chi connectivity index (χ4n) is 4.89. The molecule has 27 heavy (non-hydrogen) atoms. The first-order valence-electron chi connectivity index (χ1n) is 9.69. The third-order valence-corrected chi connectivity index (χ3v) is 7.32. The topological polar surface area (TPSA) is 63.4 Å². The van der Waals surface area contributed by atoms with E-state index < -0.39 is 10.0 Å². The lowest BCUT2D eigenvalue weighted by Crippen LogP contribution is -2.28. The normalized spacial score (nSPS) is 27.5. The van der Waals surface area contributed by atoms with Gasteiger partial charge in [-0.1, -0.05) is 62.4 Å². The van der Waals surface area contributed by atoms with Crippen molar-refractivity contribution in [3.8, 4) is 0 Å². The van der Waals surface area contributed by atoms with Crippen LogP contribution in [0.5, 0.6) is 0 Å². The number of nitrogens with zero attached hydrogens (tertiary/aromatic N) is 1. The molecule has 2 aromatic rings. The number of nitrogens with two attached hydrogens (primary N) is 1. The van der Waals surface area contributed by atoms with Crippen LogP contribution in [-0.4, -0.2) is 26.4 Å². The summed E-state index contributed by atoms with van der Waals surface area (Å²) in [6, 6.07) is 16.9. The Kier molecular flexibility index (Phi) is 4.65. The van der Waals surface area contributed by atoms with Gasteiger partial charge in [-0.25, -0.2) is 13.6 Å². The number of sulfonamides is 1. The molecule has 2 atom stereocenters. The molecule has 2 N–H and O–H groups in total. The van der Waals surface area contributed by atoms with Gasteiger partial charge in [0.05, 0.1) is 5.75 Å². The molecule has 2 unspecified atom stereocenters. The summed E-state index contributed by atoms with van der Waals surface area (Å²) in [6.45, 7) is 7.73. The Bertz CT molecular complexity index is 925. The third kappa shape index (κ3) is 3.68. The lowest BCUT2D eigenvalue weighted by molar-refractivity contribution is 0.270. The van der Waals surface area contributed by atoms with Gasteiger partial charge < -0.3 is 0 Å². The summed E-state index contributed by atoms with van der Waals surface area (Å²) in [4.78, 5) is 2.55. The second-order valence-corrected chi connectivity index (χ2v) is 9.98. The molecule has 0 aromatic heterocycles. The average molecular weight is 385 g/mol. The Morgan fingerprint density at radius 3 is 2.26 bits per heavy atom. The van der Waals surface area contributed by atoms with Crippen molar-refractivity contribution in [3.63, 3.8) is 0 Å². The van der Waals surface area contributed by atoms with Gasteiger partial charge in [0, 0.05) is 25.0 Å². The SMILES string of the molecule is CCc1ccc(CN2CC3C(C2)C3(C)c2cccc(CS(N)(=O)=O)c2)cc1. The maximum Gasteiger partial charge on any atom is 0.213 e. The van der Waals surface area contributed by atoms with Crippen molar-refractivity contribution in [2.24, 2.45) is 17.0 Å². The molecular weight excluding hydrogens is 356 g/mol. The summed E-state index contributed by atoms with van der Waals surface area (Å²) < 4.78 is 22.8. The number of fused-ring (bicyclic) bond motifs is 1. The molecule has 1 aliphatic heterocycles.